The molecule has 1 aliphatic rings. The molecule has 1 saturated heterocycles. The highest BCUT2D eigenvalue weighted by atomic mass is 16.5. The van der Waals surface area contributed by atoms with Crippen molar-refractivity contribution in [2.75, 3.05) is 32.6 Å². The van der Waals surface area contributed by atoms with Crippen LogP contribution in [-0.4, -0.2) is 44.0 Å². The summed E-state index contributed by atoms with van der Waals surface area (Å²) >= 11 is 0. The van der Waals surface area contributed by atoms with E-state index in [4.69, 9.17) is 14.7 Å². The summed E-state index contributed by atoms with van der Waals surface area (Å²) < 4.78 is 10.7. The minimum Gasteiger partial charge on any atom is -0.496 e. The molecule has 0 aliphatic carbocycles. The number of ether oxygens (including phenoxy) is 2. The second-order valence-electron chi connectivity index (χ2n) is 6.78. The van der Waals surface area contributed by atoms with Crippen LogP contribution < -0.4 is 14.8 Å². The maximum atomic E-state index is 13.0. The van der Waals surface area contributed by atoms with Crippen LogP contribution in [-0.2, 0) is 4.79 Å². The van der Waals surface area contributed by atoms with Crippen molar-refractivity contribution in [3.05, 3.63) is 53.6 Å². The Bertz CT molecular complexity index is 904. The summed E-state index contributed by atoms with van der Waals surface area (Å²) in [7, 11) is 3.04. The van der Waals surface area contributed by atoms with Crippen molar-refractivity contribution in [1.29, 1.82) is 5.26 Å². The van der Waals surface area contributed by atoms with Gasteiger partial charge < -0.3 is 19.7 Å². The third kappa shape index (κ3) is 4.49. The number of likely N-dealkylation sites (tertiary alicyclic amines) is 1. The van der Waals surface area contributed by atoms with E-state index >= 15 is 0 Å². The molecule has 1 aliphatic heterocycles. The second-order valence-corrected chi connectivity index (χ2v) is 6.78. The van der Waals surface area contributed by atoms with Crippen LogP contribution in [0.1, 0.15) is 28.8 Å². The quantitative estimate of drug-likeness (QED) is 0.843. The van der Waals surface area contributed by atoms with E-state index in [-0.39, 0.29) is 17.7 Å². The number of benzene rings is 2. The molecular weight excluding hydrogens is 370 g/mol. The summed E-state index contributed by atoms with van der Waals surface area (Å²) in [5.74, 6) is 0.529. The summed E-state index contributed by atoms with van der Waals surface area (Å²) in [6.07, 6.45) is 1.15. The van der Waals surface area contributed by atoms with Crippen molar-refractivity contribution < 1.29 is 19.1 Å². The van der Waals surface area contributed by atoms with Gasteiger partial charge in [0.05, 0.1) is 25.9 Å². The molecule has 150 valence electrons. The smallest absolute Gasteiger partial charge is 0.261 e. The predicted octanol–water partition coefficient (Wildman–Crippen LogP) is 3.07. The van der Waals surface area contributed by atoms with Crippen LogP contribution in [0.15, 0.2) is 42.5 Å². The van der Waals surface area contributed by atoms with Gasteiger partial charge in [-0.25, -0.2) is 0 Å². The summed E-state index contributed by atoms with van der Waals surface area (Å²) in [5, 5.41) is 11.7. The van der Waals surface area contributed by atoms with Gasteiger partial charge in [-0.3, -0.25) is 9.59 Å². The molecule has 7 heteroatoms. The van der Waals surface area contributed by atoms with E-state index in [0.29, 0.717) is 54.2 Å². The molecule has 2 aromatic carbocycles. The summed E-state index contributed by atoms with van der Waals surface area (Å²) in [5.41, 5.74) is 1.60. The topological polar surface area (TPSA) is 91.7 Å². The summed E-state index contributed by atoms with van der Waals surface area (Å²) in [6, 6.07) is 14.0. The molecule has 0 aromatic heterocycles. The largest absolute Gasteiger partial charge is 0.496 e. The number of piperidine rings is 1. The molecule has 0 bridgehead atoms. The van der Waals surface area contributed by atoms with E-state index in [1.54, 1.807) is 47.4 Å². The second kappa shape index (κ2) is 9.11. The maximum absolute atomic E-state index is 13.0. The molecule has 1 heterocycles. The SMILES string of the molecule is COc1cccc(OC)c1C(=O)N1CCC(C(=O)Nc2ccc(C#N)cc2)CC1. The molecule has 7 nitrogen and oxygen atoms in total. The van der Waals surface area contributed by atoms with Crippen LogP contribution in [0.3, 0.4) is 0 Å². The Morgan fingerprint density at radius 2 is 1.62 bits per heavy atom. The first-order valence-electron chi connectivity index (χ1n) is 9.38. The molecule has 0 unspecified atom stereocenters. The minimum absolute atomic E-state index is 0.0725. The fraction of sp³-hybridized carbons (Fsp3) is 0.318. The molecule has 1 N–H and O–H groups in total. The molecule has 2 aromatic rings. The lowest BCUT2D eigenvalue weighted by molar-refractivity contribution is -0.121. The van der Waals surface area contributed by atoms with Gasteiger partial charge in [0.1, 0.15) is 17.1 Å². The highest BCUT2D eigenvalue weighted by Gasteiger charge is 2.30. The third-order valence-corrected chi connectivity index (χ3v) is 5.08. The van der Waals surface area contributed by atoms with Gasteiger partial charge in [-0.15, -0.1) is 0 Å². The monoisotopic (exact) mass is 393 g/mol. The van der Waals surface area contributed by atoms with Gasteiger partial charge in [-0.1, -0.05) is 6.07 Å². The van der Waals surface area contributed by atoms with E-state index in [9.17, 15) is 9.59 Å². The summed E-state index contributed by atoms with van der Waals surface area (Å²) in [4.78, 5) is 27.3. The van der Waals surface area contributed by atoms with Crippen molar-refractivity contribution in [3.8, 4) is 17.6 Å². The standard InChI is InChI=1S/C22H23N3O4/c1-28-18-4-3-5-19(29-2)20(18)22(27)25-12-10-16(11-13-25)21(26)24-17-8-6-15(14-23)7-9-17/h3-9,16H,10-13H2,1-2H3,(H,24,26). The van der Waals surface area contributed by atoms with Gasteiger partial charge in [0.15, 0.2) is 0 Å². The molecule has 0 saturated carbocycles. The minimum atomic E-state index is -0.172. The Balaban J connectivity index is 1.62. The lowest BCUT2D eigenvalue weighted by atomic mass is 9.95. The first-order valence-corrected chi connectivity index (χ1v) is 9.38. The van der Waals surface area contributed by atoms with Gasteiger partial charge in [-0.2, -0.15) is 5.26 Å². The molecular formula is C22H23N3O4. The predicted molar refractivity (Wildman–Crippen MR) is 108 cm³/mol. The van der Waals surface area contributed by atoms with Crippen molar-refractivity contribution >= 4 is 17.5 Å². The number of carbonyl (C=O) groups is 2. The number of nitrogens with one attached hydrogen (secondary N) is 1. The van der Waals surface area contributed by atoms with Gasteiger partial charge in [-0.05, 0) is 49.2 Å². The first kappa shape index (κ1) is 20.2. The molecule has 2 amide bonds. The Morgan fingerprint density at radius 3 is 2.14 bits per heavy atom. The number of hydrogen-bond donors (Lipinski definition) is 1. The summed E-state index contributed by atoms with van der Waals surface area (Å²) in [6.45, 7) is 0.955. The molecule has 29 heavy (non-hydrogen) atoms. The van der Waals surface area contributed by atoms with Gasteiger partial charge in [0.2, 0.25) is 5.91 Å². The Labute approximate surface area is 169 Å². The zero-order valence-corrected chi connectivity index (χ0v) is 16.5. The Kier molecular flexibility index (Phi) is 6.35. The Hall–Kier alpha value is -3.53. The first-order chi connectivity index (χ1) is 14.1. The van der Waals surface area contributed by atoms with E-state index in [1.165, 1.54) is 14.2 Å². The van der Waals surface area contributed by atoms with Crippen molar-refractivity contribution in [3.63, 3.8) is 0 Å². The average molecular weight is 393 g/mol. The van der Waals surface area contributed by atoms with Crippen molar-refractivity contribution in [2.24, 2.45) is 5.92 Å². The number of rotatable bonds is 5. The highest BCUT2D eigenvalue weighted by Crippen LogP contribution is 2.31. The fourth-order valence-corrected chi connectivity index (χ4v) is 3.44. The van der Waals surface area contributed by atoms with E-state index in [2.05, 4.69) is 5.32 Å². The van der Waals surface area contributed by atoms with Crippen LogP contribution in [0.4, 0.5) is 5.69 Å². The number of carbonyl (C=O) groups excluding carboxylic acids is 2. The number of anilines is 1. The van der Waals surface area contributed by atoms with Crippen LogP contribution in [0.25, 0.3) is 0 Å². The van der Waals surface area contributed by atoms with Crippen LogP contribution >= 0.6 is 0 Å². The van der Waals surface area contributed by atoms with Crippen LogP contribution in [0.5, 0.6) is 11.5 Å². The van der Waals surface area contributed by atoms with E-state index in [1.807, 2.05) is 6.07 Å². The lowest BCUT2D eigenvalue weighted by Gasteiger charge is -2.32. The maximum Gasteiger partial charge on any atom is 0.261 e. The van der Waals surface area contributed by atoms with Gasteiger partial charge in [0, 0.05) is 24.7 Å². The van der Waals surface area contributed by atoms with Crippen LogP contribution in [0.2, 0.25) is 0 Å². The number of amides is 2. The normalized spacial score (nSPS) is 14.0. The Morgan fingerprint density at radius 1 is 1.03 bits per heavy atom. The van der Waals surface area contributed by atoms with Crippen LogP contribution in [0, 0.1) is 17.2 Å². The third-order valence-electron chi connectivity index (χ3n) is 5.08. The highest BCUT2D eigenvalue weighted by molar-refractivity contribution is 6.00. The molecule has 0 atom stereocenters. The number of methoxy groups -OCH3 is 2. The molecule has 0 radical (unpaired) electrons. The number of nitrogens with zero attached hydrogens (tertiary/aromatic N) is 2. The molecule has 1 fully saturated rings. The number of nitriles is 1. The van der Waals surface area contributed by atoms with E-state index < -0.39 is 0 Å². The zero-order valence-electron chi connectivity index (χ0n) is 16.5. The van der Waals surface area contributed by atoms with Crippen molar-refractivity contribution in [1.82, 2.24) is 4.90 Å². The zero-order chi connectivity index (χ0) is 20.8. The van der Waals surface area contributed by atoms with Gasteiger partial charge >= 0.3 is 0 Å². The van der Waals surface area contributed by atoms with E-state index in [0.717, 1.165) is 0 Å². The number of hydrogen-bond acceptors (Lipinski definition) is 5. The fourth-order valence-electron chi connectivity index (χ4n) is 3.44. The molecule has 3 rings (SSSR count). The van der Waals surface area contributed by atoms with Crippen molar-refractivity contribution in [2.45, 2.75) is 12.8 Å². The average Bonchev–Trinajstić information content (AvgIpc) is 2.78. The van der Waals surface area contributed by atoms with Gasteiger partial charge in [0.25, 0.3) is 5.91 Å². The lowest BCUT2D eigenvalue weighted by Crippen LogP contribution is -2.41. The molecule has 0 spiro atoms.